The highest BCUT2D eigenvalue weighted by molar-refractivity contribution is 7.47. The van der Waals surface area contributed by atoms with E-state index in [9.17, 15) is 43.2 Å². The van der Waals surface area contributed by atoms with Gasteiger partial charge in [-0.25, -0.2) is 9.13 Å². The molecule has 0 saturated carbocycles. The second-order valence-corrected chi connectivity index (χ2v) is 33.7. The van der Waals surface area contributed by atoms with Crippen molar-refractivity contribution >= 4 is 39.5 Å². The number of phosphoric ester groups is 2. The zero-order valence-corrected chi connectivity index (χ0v) is 70.0. The van der Waals surface area contributed by atoms with Crippen molar-refractivity contribution in [2.24, 2.45) is 5.92 Å². The largest absolute Gasteiger partial charge is 0.472 e. The fraction of sp³-hybridized carbons (Fsp3) is 0.953. The van der Waals surface area contributed by atoms with Gasteiger partial charge in [-0.15, -0.1) is 0 Å². The molecule has 0 fully saturated rings. The Kier molecular flexibility index (Phi) is 76.3. The number of ether oxygens (including phenoxy) is 4. The number of aliphatic hydroxyl groups excluding tert-OH is 1. The van der Waals surface area contributed by atoms with Crippen LogP contribution in [0, 0.1) is 5.92 Å². The van der Waals surface area contributed by atoms with E-state index in [1.807, 2.05) is 0 Å². The molecule has 17 nitrogen and oxygen atoms in total. The van der Waals surface area contributed by atoms with Gasteiger partial charge >= 0.3 is 39.5 Å². The van der Waals surface area contributed by atoms with Gasteiger partial charge in [0.1, 0.15) is 19.3 Å². The number of carbonyl (C=O) groups is 4. The van der Waals surface area contributed by atoms with Crippen LogP contribution in [0.1, 0.15) is 458 Å². The van der Waals surface area contributed by atoms with Gasteiger partial charge in [0.05, 0.1) is 26.4 Å². The van der Waals surface area contributed by atoms with Crippen LogP contribution < -0.4 is 0 Å². The summed E-state index contributed by atoms with van der Waals surface area (Å²) in [5, 5.41) is 10.7. The van der Waals surface area contributed by atoms with E-state index >= 15 is 0 Å². The molecule has 19 heteroatoms. The Balaban J connectivity index is 5.23. The van der Waals surface area contributed by atoms with E-state index in [2.05, 4.69) is 34.6 Å². The van der Waals surface area contributed by atoms with Crippen molar-refractivity contribution in [2.75, 3.05) is 39.6 Å². The molecule has 0 radical (unpaired) electrons. The third kappa shape index (κ3) is 76.8. The predicted octanol–water partition coefficient (Wildman–Crippen LogP) is 26.0. The topological polar surface area (TPSA) is 237 Å². The van der Waals surface area contributed by atoms with Crippen LogP contribution in [0.15, 0.2) is 0 Å². The highest BCUT2D eigenvalue weighted by Crippen LogP contribution is 2.45. The maximum absolute atomic E-state index is 13.1. The lowest BCUT2D eigenvalue weighted by Gasteiger charge is -2.21. The molecule has 0 aromatic rings. The van der Waals surface area contributed by atoms with Crippen LogP contribution in [-0.2, 0) is 65.4 Å². The van der Waals surface area contributed by atoms with Crippen molar-refractivity contribution in [3.05, 3.63) is 0 Å². The number of hydrogen-bond acceptors (Lipinski definition) is 15. The highest BCUT2D eigenvalue weighted by atomic mass is 31.2. The molecule has 6 atom stereocenters. The SMILES string of the molecule is CCCCCCCCCCCCCCCCCCCCCCCCC(=O)O[C@H](COC(=O)CCCCCCCCCCCCCCCCCC)COP(=O)(O)OC[C@@H](O)COP(=O)(O)OC[C@@H](COC(=O)CCCCCCCCCCC(C)CC)OC(=O)CCCCCCCCCCCCCCCC. The van der Waals surface area contributed by atoms with Gasteiger partial charge < -0.3 is 33.8 Å². The molecule has 0 aromatic carbocycles. The zero-order chi connectivity index (χ0) is 76.2. The second-order valence-electron chi connectivity index (χ2n) is 30.8. The van der Waals surface area contributed by atoms with Crippen molar-refractivity contribution in [3.63, 3.8) is 0 Å². The summed E-state index contributed by atoms with van der Waals surface area (Å²) in [4.78, 5) is 73.2. The molecule has 0 aliphatic heterocycles. The first-order valence-corrected chi connectivity index (χ1v) is 47.2. The van der Waals surface area contributed by atoms with Crippen molar-refractivity contribution in [3.8, 4) is 0 Å². The van der Waals surface area contributed by atoms with Crippen LogP contribution >= 0.6 is 15.6 Å². The minimum Gasteiger partial charge on any atom is -0.462 e. The second kappa shape index (κ2) is 77.8. The van der Waals surface area contributed by atoms with Crippen LogP contribution in [-0.4, -0.2) is 96.7 Å². The molecule has 0 bridgehead atoms. The molecule has 0 aromatic heterocycles. The summed E-state index contributed by atoms with van der Waals surface area (Å²) in [6.07, 6.45) is 70.8. The van der Waals surface area contributed by atoms with E-state index in [1.165, 1.54) is 283 Å². The van der Waals surface area contributed by atoms with E-state index in [1.54, 1.807) is 0 Å². The van der Waals surface area contributed by atoms with Gasteiger partial charge in [0.15, 0.2) is 12.2 Å². The van der Waals surface area contributed by atoms with Gasteiger partial charge in [0, 0.05) is 25.7 Å². The van der Waals surface area contributed by atoms with Crippen molar-refractivity contribution < 1.29 is 80.2 Å². The molecule has 0 saturated heterocycles. The number of hydrogen-bond donors (Lipinski definition) is 3. The molecule has 104 heavy (non-hydrogen) atoms. The standard InChI is InChI=1S/C85H166O17P2/c1-6-10-13-16-19-22-25-28-31-33-34-35-36-37-38-40-43-46-49-56-61-66-71-85(90)101-80(74-95-82(87)68-63-58-53-47-44-42-39-32-29-26-23-20-17-14-11-7-2)76-99-103(91,92)97-72-79(86)73-98-104(93,94)100-77-81(75-96-83(88)69-64-59-54-51-50-52-57-62-67-78(5)9-4)102-84(89)70-65-60-55-48-45-41-30-27-24-21-18-15-12-8-3/h78-81,86H,6-77H2,1-5H3,(H,91,92)(H,93,94)/t78?,79-,80-,81-/m1/s1. The molecule has 0 aliphatic carbocycles. The average Bonchev–Trinajstić information content (AvgIpc) is 0.926. The van der Waals surface area contributed by atoms with E-state index < -0.39 is 97.5 Å². The molecule has 0 rings (SSSR count). The molecule has 618 valence electrons. The third-order valence-electron chi connectivity index (χ3n) is 20.4. The van der Waals surface area contributed by atoms with Crippen LogP contribution in [0.4, 0.5) is 0 Å². The number of rotatable bonds is 85. The van der Waals surface area contributed by atoms with Crippen molar-refractivity contribution in [1.82, 2.24) is 0 Å². The van der Waals surface area contributed by atoms with Crippen LogP contribution in [0.5, 0.6) is 0 Å². The molecule has 3 unspecified atom stereocenters. The summed E-state index contributed by atoms with van der Waals surface area (Å²) in [6, 6.07) is 0. The Morgan fingerprint density at radius 1 is 0.269 bits per heavy atom. The van der Waals surface area contributed by atoms with Gasteiger partial charge in [0.2, 0.25) is 0 Å². The maximum atomic E-state index is 13.1. The van der Waals surface area contributed by atoms with E-state index in [0.717, 1.165) is 95.8 Å². The van der Waals surface area contributed by atoms with Gasteiger partial charge in [0.25, 0.3) is 0 Å². The first kappa shape index (κ1) is 102. The van der Waals surface area contributed by atoms with Crippen LogP contribution in [0.3, 0.4) is 0 Å². The third-order valence-corrected chi connectivity index (χ3v) is 22.3. The predicted molar refractivity (Wildman–Crippen MR) is 428 cm³/mol. The smallest absolute Gasteiger partial charge is 0.462 e. The average molecular weight is 1520 g/mol. The molecule has 3 N–H and O–H groups in total. The number of esters is 4. The fourth-order valence-electron chi connectivity index (χ4n) is 13.3. The highest BCUT2D eigenvalue weighted by Gasteiger charge is 2.30. The van der Waals surface area contributed by atoms with Gasteiger partial charge in [-0.2, -0.15) is 0 Å². The van der Waals surface area contributed by atoms with Gasteiger partial charge in [-0.1, -0.05) is 407 Å². The molecular formula is C85H166O17P2. The molecular weight excluding hydrogens is 1350 g/mol. The van der Waals surface area contributed by atoms with E-state index in [-0.39, 0.29) is 25.7 Å². The number of carbonyl (C=O) groups excluding carboxylic acids is 4. The Bertz CT molecular complexity index is 1980. The van der Waals surface area contributed by atoms with Gasteiger partial charge in [-0.3, -0.25) is 37.3 Å². The monoisotopic (exact) mass is 1520 g/mol. The Morgan fingerprint density at radius 2 is 0.462 bits per heavy atom. The molecule has 0 amide bonds. The summed E-state index contributed by atoms with van der Waals surface area (Å²) in [5.74, 6) is -1.32. The number of aliphatic hydroxyl groups is 1. The van der Waals surface area contributed by atoms with Crippen LogP contribution in [0.2, 0.25) is 0 Å². The summed E-state index contributed by atoms with van der Waals surface area (Å²) in [7, 11) is -9.93. The first-order valence-electron chi connectivity index (χ1n) is 44.2. The van der Waals surface area contributed by atoms with Gasteiger partial charge in [-0.05, 0) is 31.6 Å². The summed E-state index contributed by atoms with van der Waals surface area (Å²) >= 11 is 0. The quantitative estimate of drug-likeness (QED) is 0.0222. The maximum Gasteiger partial charge on any atom is 0.472 e. The number of phosphoric acid groups is 2. The van der Waals surface area contributed by atoms with Crippen molar-refractivity contribution in [1.29, 1.82) is 0 Å². The van der Waals surface area contributed by atoms with E-state index in [0.29, 0.717) is 25.7 Å². The van der Waals surface area contributed by atoms with Crippen molar-refractivity contribution in [2.45, 2.75) is 477 Å². The normalized spacial score (nSPS) is 14.0. The Hall–Kier alpha value is -1.94. The summed E-state index contributed by atoms with van der Waals surface area (Å²) in [6.45, 7) is 7.36. The lowest BCUT2D eigenvalue weighted by molar-refractivity contribution is -0.161. The Labute approximate surface area is 638 Å². The summed E-state index contributed by atoms with van der Waals surface area (Å²) in [5.41, 5.74) is 0. The lowest BCUT2D eigenvalue weighted by Crippen LogP contribution is -2.30. The minimum absolute atomic E-state index is 0.108. The first-order chi connectivity index (χ1) is 50.6. The number of unbranched alkanes of at least 4 members (excludes halogenated alkanes) is 56. The zero-order valence-electron chi connectivity index (χ0n) is 68.2. The minimum atomic E-state index is -4.96. The van der Waals surface area contributed by atoms with E-state index in [4.69, 9.17) is 37.0 Å². The molecule has 0 aliphatic rings. The van der Waals surface area contributed by atoms with Crippen LogP contribution in [0.25, 0.3) is 0 Å². The lowest BCUT2D eigenvalue weighted by atomic mass is 9.99. The Morgan fingerprint density at radius 3 is 0.683 bits per heavy atom. The summed E-state index contributed by atoms with van der Waals surface area (Å²) < 4.78 is 68.9. The fourth-order valence-corrected chi connectivity index (χ4v) is 14.8. The molecule has 0 heterocycles. The molecule has 0 spiro atoms.